The lowest BCUT2D eigenvalue weighted by Crippen LogP contribution is -2.37. The standard InChI is InChI=1S/C9H13F3O5S/c10-9(11,12)18(13,14)17-8-5-15-4-7(8)16-3-6-1-2-6/h6-8H,1-5H2/t7-,8+/m1/s1. The number of alkyl halides is 3. The zero-order valence-electron chi connectivity index (χ0n) is 9.35. The van der Waals surface area contributed by atoms with Gasteiger partial charge >= 0.3 is 15.6 Å². The van der Waals surface area contributed by atoms with Crippen LogP contribution in [-0.2, 0) is 23.8 Å². The Kier molecular flexibility index (Phi) is 3.86. The average Bonchev–Trinajstić information content (AvgIpc) is 2.96. The number of hydrogen-bond donors (Lipinski definition) is 0. The normalized spacial score (nSPS) is 29.7. The van der Waals surface area contributed by atoms with Crippen molar-refractivity contribution in [3.8, 4) is 0 Å². The molecule has 0 aromatic heterocycles. The SMILES string of the molecule is O=S(=O)(O[C@H]1COC[C@H]1OCC1CC1)C(F)(F)F. The van der Waals surface area contributed by atoms with Crippen molar-refractivity contribution in [2.45, 2.75) is 30.6 Å². The summed E-state index contributed by atoms with van der Waals surface area (Å²) in [5.41, 5.74) is -5.42. The molecule has 2 rings (SSSR count). The molecule has 1 heterocycles. The molecule has 2 atom stereocenters. The van der Waals surface area contributed by atoms with Crippen LogP contribution in [0.3, 0.4) is 0 Å². The highest BCUT2D eigenvalue weighted by Crippen LogP contribution is 2.31. The van der Waals surface area contributed by atoms with Crippen LogP contribution in [0.4, 0.5) is 13.2 Å². The topological polar surface area (TPSA) is 61.8 Å². The van der Waals surface area contributed by atoms with E-state index >= 15 is 0 Å². The Morgan fingerprint density at radius 3 is 2.33 bits per heavy atom. The molecule has 1 aliphatic heterocycles. The van der Waals surface area contributed by atoms with E-state index in [1.54, 1.807) is 0 Å². The van der Waals surface area contributed by atoms with Crippen molar-refractivity contribution in [1.29, 1.82) is 0 Å². The Hall–Kier alpha value is -0.380. The minimum Gasteiger partial charge on any atom is -0.376 e. The summed E-state index contributed by atoms with van der Waals surface area (Å²) in [6.45, 7) is 0.232. The first kappa shape index (κ1) is 14.0. The second kappa shape index (κ2) is 4.95. The number of hydrogen-bond acceptors (Lipinski definition) is 5. The Bertz CT molecular complexity index is 389. The van der Waals surface area contributed by atoms with Gasteiger partial charge in [0.25, 0.3) is 0 Å². The molecule has 0 amide bonds. The Morgan fingerprint density at radius 1 is 1.17 bits per heavy atom. The van der Waals surface area contributed by atoms with Crippen molar-refractivity contribution < 1.29 is 35.2 Å². The molecule has 106 valence electrons. The first-order chi connectivity index (χ1) is 8.29. The van der Waals surface area contributed by atoms with E-state index in [4.69, 9.17) is 9.47 Å². The van der Waals surface area contributed by atoms with E-state index in [9.17, 15) is 21.6 Å². The van der Waals surface area contributed by atoms with Crippen LogP contribution in [0.15, 0.2) is 0 Å². The van der Waals surface area contributed by atoms with Gasteiger partial charge in [-0.1, -0.05) is 0 Å². The molecule has 0 N–H and O–H groups in total. The van der Waals surface area contributed by atoms with Gasteiger partial charge in [-0.2, -0.15) is 21.6 Å². The molecule has 1 saturated carbocycles. The van der Waals surface area contributed by atoms with E-state index in [1.807, 2.05) is 0 Å². The van der Waals surface area contributed by atoms with Gasteiger partial charge in [0.1, 0.15) is 12.2 Å². The Morgan fingerprint density at radius 2 is 1.78 bits per heavy atom. The zero-order valence-corrected chi connectivity index (χ0v) is 10.2. The highest BCUT2D eigenvalue weighted by Gasteiger charge is 2.50. The molecule has 0 bridgehead atoms. The van der Waals surface area contributed by atoms with Crippen LogP contribution < -0.4 is 0 Å². The smallest absolute Gasteiger partial charge is 0.376 e. The van der Waals surface area contributed by atoms with Gasteiger partial charge in [-0.15, -0.1) is 0 Å². The van der Waals surface area contributed by atoms with Crippen molar-refractivity contribution >= 4 is 10.1 Å². The zero-order chi connectivity index (χ0) is 13.4. The van der Waals surface area contributed by atoms with Crippen LogP contribution in [0.1, 0.15) is 12.8 Å². The molecule has 0 spiro atoms. The van der Waals surface area contributed by atoms with Gasteiger partial charge in [0, 0.05) is 0 Å². The van der Waals surface area contributed by atoms with Crippen molar-refractivity contribution in [1.82, 2.24) is 0 Å². The Balaban J connectivity index is 1.90. The first-order valence-electron chi connectivity index (χ1n) is 5.48. The van der Waals surface area contributed by atoms with Gasteiger partial charge < -0.3 is 9.47 Å². The van der Waals surface area contributed by atoms with Gasteiger partial charge in [0.05, 0.1) is 19.8 Å². The summed E-state index contributed by atoms with van der Waals surface area (Å²) in [6, 6.07) is 0. The molecule has 18 heavy (non-hydrogen) atoms. The average molecular weight is 290 g/mol. The lowest BCUT2D eigenvalue weighted by atomic mass is 10.2. The van der Waals surface area contributed by atoms with E-state index in [2.05, 4.69) is 4.18 Å². The summed E-state index contributed by atoms with van der Waals surface area (Å²) >= 11 is 0. The number of rotatable bonds is 5. The highest BCUT2D eigenvalue weighted by atomic mass is 32.2. The summed E-state index contributed by atoms with van der Waals surface area (Å²) in [4.78, 5) is 0. The second-order valence-corrected chi connectivity index (χ2v) is 5.95. The maximum Gasteiger partial charge on any atom is 0.523 e. The fourth-order valence-corrected chi connectivity index (χ4v) is 2.14. The first-order valence-corrected chi connectivity index (χ1v) is 6.89. The quantitative estimate of drug-likeness (QED) is 0.559. The van der Waals surface area contributed by atoms with Crippen LogP contribution in [0.2, 0.25) is 0 Å². The van der Waals surface area contributed by atoms with Crippen molar-refractivity contribution in [3.63, 3.8) is 0 Å². The van der Waals surface area contributed by atoms with Crippen LogP contribution in [0, 0.1) is 5.92 Å². The van der Waals surface area contributed by atoms with E-state index in [-0.39, 0.29) is 13.2 Å². The van der Waals surface area contributed by atoms with Gasteiger partial charge in [-0.25, -0.2) is 0 Å². The summed E-state index contributed by atoms with van der Waals surface area (Å²) < 4.78 is 72.5. The molecule has 5 nitrogen and oxygen atoms in total. The van der Waals surface area contributed by atoms with Crippen LogP contribution in [0.5, 0.6) is 0 Å². The molecule has 9 heteroatoms. The minimum atomic E-state index is -5.60. The molecular formula is C9H13F3O5S. The maximum absolute atomic E-state index is 12.1. The van der Waals surface area contributed by atoms with Gasteiger partial charge in [0.15, 0.2) is 0 Å². The summed E-state index contributed by atoms with van der Waals surface area (Å²) in [5, 5.41) is 0. The predicted octanol–water partition coefficient (Wildman–Crippen LogP) is 1.05. The molecule has 1 saturated heterocycles. The van der Waals surface area contributed by atoms with E-state index in [0.29, 0.717) is 12.5 Å². The third-order valence-electron chi connectivity index (χ3n) is 2.76. The van der Waals surface area contributed by atoms with Crippen LogP contribution >= 0.6 is 0 Å². The summed E-state index contributed by atoms with van der Waals surface area (Å²) in [5.74, 6) is 0.422. The minimum absolute atomic E-state index is 0.0464. The molecule has 1 aliphatic carbocycles. The van der Waals surface area contributed by atoms with Gasteiger partial charge in [0.2, 0.25) is 0 Å². The van der Waals surface area contributed by atoms with Gasteiger partial charge in [-0.05, 0) is 18.8 Å². The second-order valence-electron chi connectivity index (χ2n) is 4.39. The monoisotopic (exact) mass is 290 g/mol. The largest absolute Gasteiger partial charge is 0.523 e. The van der Waals surface area contributed by atoms with Crippen LogP contribution in [-0.4, -0.2) is 46.0 Å². The fraction of sp³-hybridized carbons (Fsp3) is 1.00. The molecule has 0 radical (unpaired) electrons. The molecule has 0 unspecified atom stereocenters. The third-order valence-corrected chi connectivity index (χ3v) is 3.82. The Labute approximate surface area is 102 Å². The van der Waals surface area contributed by atoms with Crippen molar-refractivity contribution in [2.75, 3.05) is 19.8 Å². The highest BCUT2D eigenvalue weighted by molar-refractivity contribution is 7.87. The van der Waals surface area contributed by atoms with Crippen molar-refractivity contribution in [2.24, 2.45) is 5.92 Å². The lowest BCUT2D eigenvalue weighted by molar-refractivity contribution is -0.0646. The molecule has 0 aromatic rings. The van der Waals surface area contributed by atoms with E-state index in [0.717, 1.165) is 12.8 Å². The fourth-order valence-electron chi connectivity index (χ4n) is 1.52. The summed E-state index contributed by atoms with van der Waals surface area (Å²) in [6.07, 6.45) is 0.0676. The third kappa shape index (κ3) is 3.34. The lowest BCUT2D eigenvalue weighted by Gasteiger charge is -2.19. The van der Waals surface area contributed by atoms with E-state index in [1.165, 1.54) is 0 Å². The van der Waals surface area contributed by atoms with Crippen LogP contribution in [0.25, 0.3) is 0 Å². The predicted molar refractivity (Wildman–Crippen MR) is 53.1 cm³/mol. The molecular weight excluding hydrogens is 277 g/mol. The maximum atomic E-state index is 12.1. The number of halogens is 3. The molecule has 2 fully saturated rings. The molecule has 0 aromatic carbocycles. The van der Waals surface area contributed by atoms with Gasteiger partial charge in [-0.3, -0.25) is 4.18 Å². The molecule has 2 aliphatic rings. The number of ether oxygens (including phenoxy) is 2. The summed E-state index contributed by atoms with van der Waals surface area (Å²) in [7, 11) is -5.60. The van der Waals surface area contributed by atoms with Crippen molar-refractivity contribution in [3.05, 3.63) is 0 Å². The van der Waals surface area contributed by atoms with E-state index < -0.39 is 27.8 Å².